The van der Waals surface area contributed by atoms with Crippen molar-refractivity contribution in [2.24, 2.45) is 5.92 Å². The van der Waals surface area contributed by atoms with Gasteiger partial charge in [0.25, 0.3) is 0 Å². The lowest BCUT2D eigenvalue weighted by molar-refractivity contribution is -0.122. The van der Waals surface area contributed by atoms with Crippen LogP contribution in [0.2, 0.25) is 0 Å². The molecule has 1 atom stereocenters. The maximum absolute atomic E-state index is 12.9. The molecule has 1 aliphatic heterocycles. The summed E-state index contributed by atoms with van der Waals surface area (Å²) in [5, 5.41) is 2.93. The van der Waals surface area contributed by atoms with E-state index in [1.807, 2.05) is 55.5 Å². The Labute approximate surface area is 206 Å². The topological polar surface area (TPSA) is 67.9 Å². The monoisotopic (exact) mass is 472 g/mol. The fraction of sp³-hybridized carbons (Fsp3) is 0.310. The maximum atomic E-state index is 12.9. The Balaban J connectivity index is 1.36. The standard InChI is InChI=1S/C29H32N2O4/c1-5-34-26-9-7-6-8-25(26)31-19-20(18-27(31)32)28(33)30-22-12-16-24(17-13-22)35-23-14-10-21(11-15-23)29(2,3)4/h6-17,20H,5,18-19H2,1-4H3,(H,30,33)/t20-/m1/s1. The molecule has 1 fully saturated rings. The van der Waals surface area contributed by atoms with E-state index >= 15 is 0 Å². The molecule has 6 nitrogen and oxygen atoms in total. The molecule has 6 heteroatoms. The highest BCUT2D eigenvalue weighted by molar-refractivity contribution is 6.04. The number of amides is 2. The van der Waals surface area contributed by atoms with Crippen molar-refractivity contribution in [3.8, 4) is 17.2 Å². The van der Waals surface area contributed by atoms with Crippen molar-refractivity contribution in [3.63, 3.8) is 0 Å². The van der Waals surface area contributed by atoms with E-state index in [9.17, 15) is 9.59 Å². The predicted molar refractivity (Wildman–Crippen MR) is 138 cm³/mol. The zero-order valence-electron chi connectivity index (χ0n) is 20.7. The van der Waals surface area contributed by atoms with Crippen molar-refractivity contribution >= 4 is 23.2 Å². The molecular weight excluding hydrogens is 440 g/mol. The van der Waals surface area contributed by atoms with E-state index in [0.29, 0.717) is 36.0 Å². The van der Waals surface area contributed by atoms with E-state index in [-0.39, 0.29) is 23.7 Å². The van der Waals surface area contributed by atoms with Crippen molar-refractivity contribution < 1.29 is 19.1 Å². The Morgan fingerprint density at radius 2 is 1.60 bits per heavy atom. The summed E-state index contributed by atoms with van der Waals surface area (Å²) in [5.74, 6) is 1.38. The van der Waals surface area contributed by atoms with Crippen LogP contribution in [0, 0.1) is 5.92 Å². The molecule has 1 saturated heterocycles. The summed E-state index contributed by atoms with van der Waals surface area (Å²) in [4.78, 5) is 27.2. The highest BCUT2D eigenvalue weighted by Gasteiger charge is 2.36. The summed E-state index contributed by atoms with van der Waals surface area (Å²) < 4.78 is 11.6. The second-order valence-corrected chi connectivity index (χ2v) is 9.70. The number of anilines is 2. The molecule has 0 spiro atoms. The van der Waals surface area contributed by atoms with Gasteiger partial charge in [-0.25, -0.2) is 0 Å². The van der Waals surface area contributed by atoms with Crippen LogP contribution in [0.1, 0.15) is 39.7 Å². The van der Waals surface area contributed by atoms with E-state index < -0.39 is 5.92 Å². The summed E-state index contributed by atoms with van der Waals surface area (Å²) >= 11 is 0. The van der Waals surface area contributed by atoms with E-state index in [4.69, 9.17) is 9.47 Å². The number of carbonyl (C=O) groups is 2. The van der Waals surface area contributed by atoms with Crippen molar-refractivity contribution in [1.82, 2.24) is 0 Å². The highest BCUT2D eigenvalue weighted by Crippen LogP contribution is 2.33. The third-order valence-electron chi connectivity index (χ3n) is 6.03. The molecular formula is C29H32N2O4. The van der Waals surface area contributed by atoms with Crippen molar-refractivity contribution in [2.45, 2.75) is 39.5 Å². The zero-order valence-corrected chi connectivity index (χ0v) is 20.7. The van der Waals surface area contributed by atoms with E-state index in [2.05, 4.69) is 38.2 Å². The van der Waals surface area contributed by atoms with Gasteiger partial charge in [-0.15, -0.1) is 0 Å². The summed E-state index contributed by atoms with van der Waals surface area (Å²) in [6.07, 6.45) is 0.165. The predicted octanol–water partition coefficient (Wildman–Crippen LogP) is 6.17. The maximum Gasteiger partial charge on any atom is 0.229 e. The van der Waals surface area contributed by atoms with Crippen LogP contribution in [0.25, 0.3) is 0 Å². The molecule has 0 aromatic heterocycles. The van der Waals surface area contributed by atoms with Gasteiger partial charge >= 0.3 is 0 Å². The first-order chi connectivity index (χ1) is 16.7. The van der Waals surface area contributed by atoms with Crippen LogP contribution in [-0.2, 0) is 15.0 Å². The Morgan fingerprint density at radius 3 is 2.23 bits per heavy atom. The van der Waals surface area contributed by atoms with Gasteiger partial charge in [-0.3, -0.25) is 9.59 Å². The molecule has 3 aromatic carbocycles. The van der Waals surface area contributed by atoms with E-state index in [1.165, 1.54) is 5.56 Å². The molecule has 2 amide bonds. The molecule has 0 bridgehead atoms. The van der Waals surface area contributed by atoms with Crippen LogP contribution < -0.4 is 19.7 Å². The quantitative estimate of drug-likeness (QED) is 0.447. The van der Waals surface area contributed by atoms with Crippen molar-refractivity contribution in [2.75, 3.05) is 23.4 Å². The van der Waals surface area contributed by atoms with Crippen LogP contribution in [0.3, 0.4) is 0 Å². The molecule has 3 aromatic rings. The number of benzene rings is 3. The molecule has 1 N–H and O–H groups in total. The van der Waals surface area contributed by atoms with Crippen LogP contribution in [0.5, 0.6) is 17.2 Å². The Bertz CT molecular complexity index is 1180. The second kappa shape index (κ2) is 10.2. The summed E-state index contributed by atoms with van der Waals surface area (Å²) in [7, 11) is 0. The number of para-hydroxylation sites is 2. The van der Waals surface area contributed by atoms with Crippen molar-refractivity contribution in [3.05, 3.63) is 78.4 Å². The number of hydrogen-bond acceptors (Lipinski definition) is 4. The molecule has 0 saturated carbocycles. The van der Waals surface area contributed by atoms with Crippen LogP contribution in [0.15, 0.2) is 72.8 Å². The van der Waals surface area contributed by atoms with Crippen LogP contribution in [0.4, 0.5) is 11.4 Å². The SMILES string of the molecule is CCOc1ccccc1N1C[C@H](C(=O)Nc2ccc(Oc3ccc(C(C)(C)C)cc3)cc2)CC1=O. The van der Waals surface area contributed by atoms with Gasteiger partial charge in [0, 0.05) is 18.7 Å². The van der Waals surface area contributed by atoms with Gasteiger partial charge in [0.2, 0.25) is 11.8 Å². The van der Waals surface area contributed by atoms with Gasteiger partial charge in [0.05, 0.1) is 18.2 Å². The minimum absolute atomic E-state index is 0.0847. The first-order valence-electron chi connectivity index (χ1n) is 12.0. The first-order valence-corrected chi connectivity index (χ1v) is 12.0. The minimum atomic E-state index is -0.436. The fourth-order valence-electron chi connectivity index (χ4n) is 4.08. The molecule has 0 aliphatic carbocycles. The third-order valence-corrected chi connectivity index (χ3v) is 6.03. The summed E-state index contributed by atoms with van der Waals surface area (Å²) in [6.45, 7) is 9.25. The normalized spacial score (nSPS) is 15.7. The first kappa shape index (κ1) is 24.3. The van der Waals surface area contributed by atoms with Gasteiger partial charge in [-0.2, -0.15) is 0 Å². The fourth-order valence-corrected chi connectivity index (χ4v) is 4.08. The molecule has 1 aliphatic rings. The van der Waals surface area contributed by atoms with Gasteiger partial charge in [0.1, 0.15) is 17.2 Å². The smallest absolute Gasteiger partial charge is 0.229 e. The number of nitrogens with zero attached hydrogens (tertiary/aromatic N) is 1. The minimum Gasteiger partial charge on any atom is -0.492 e. The zero-order chi connectivity index (χ0) is 25.0. The lowest BCUT2D eigenvalue weighted by Gasteiger charge is -2.20. The molecule has 0 unspecified atom stereocenters. The van der Waals surface area contributed by atoms with Crippen molar-refractivity contribution in [1.29, 1.82) is 0 Å². The number of hydrogen-bond donors (Lipinski definition) is 1. The van der Waals surface area contributed by atoms with Gasteiger partial charge < -0.3 is 19.7 Å². The largest absolute Gasteiger partial charge is 0.492 e. The van der Waals surface area contributed by atoms with Gasteiger partial charge in [-0.1, -0.05) is 45.0 Å². The highest BCUT2D eigenvalue weighted by atomic mass is 16.5. The number of nitrogens with one attached hydrogen (secondary N) is 1. The number of carbonyl (C=O) groups excluding carboxylic acids is 2. The summed E-state index contributed by atoms with van der Waals surface area (Å²) in [6, 6.07) is 22.7. The average molecular weight is 473 g/mol. The molecule has 1 heterocycles. The molecule has 35 heavy (non-hydrogen) atoms. The average Bonchev–Trinajstić information content (AvgIpc) is 3.22. The lowest BCUT2D eigenvalue weighted by atomic mass is 9.87. The van der Waals surface area contributed by atoms with E-state index in [1.54, 1.807) is 17.0 Å². The molecule has 4 rings (SSSR count). The van der Waals surface area contributed by atoms with Gasteiger partial charge in [0.15, 0.2) is 0 Å². The number of rotatable bonds is 7. The number of ether oxygens (including phenoxy) is 2. The lowest BCUT2D eigenvalue weighted by Crippen LogP contribution is -2.28. The Kier molecular flexibility index (Phi) is 7.10. The molecule has 0 radical (unpaired) electrons. The third kappa shape index (κ3) is 5.83. The van der Waals surface area contributed by atoms with Crippen LogP contribution in [-0.4, -0.2) is 25.0 Å². The van der Waals surface area contributed by atoms with Crippen LogP contribution >= 0.6 is 0 Å². The Hall–Kier alpha value is -3.80. The van der Waals surface area contributed by atoms with Gasteiger partial charge in [-0.05, 0) is 66.4 Å². The summed E-state index contributed by atoms with van der Waals surface area (Å²) in [5.41, 5.74) is 2.69. The second-order valence-electron chi connectivity index (χ2n) is 9.70. The van der Waals surface area contributed by atoms with E-state index in [0.717, 1.165) is 5.75 Å². The molecule has 182 valence electrons. The Morgan fingerprint density at radius 1 is 0.971 bits per heavy atom.